The Morgan fingerprint density at radius 1 is 1.29 bits per heavy atom. The highest BCUT2D eigenvalue weighted by atomic mass is 35.7. The number of rotatable bonds is 2. The number of oxazole rings is 1. The van der Waals surface area contributed by atoms with Crippen LogP contribution < -0.4 is 0 Å². The number of nitrogens with zero attached hydrogens (tertiary/aromatic N) is 1. The van der Waals surface area contributed by atoms with E-state index in [2.05, 4.69) is 4.98 Å². The molecule has 0 saturated carbocycles. The lowest BCUT2D eigenvalue weighted by atomic mass is 10.1. The maximum absolute atomic E-state index is 11.4. The standard InChI is InChI=1S/C11H10ClNO3S/c1-7-3-4-9(5-11(7)17(12,14)15)10-6-13-8(2)16-10/h3-6H,1-2H3. The van der Waals surface area contributed by atoms with Crippen molar-refractivity contribution < 1.29 is 12.8 Å². The van der Waals surface area contributed by atoms with Crippen molar-refractivity contribution in [3.8, 4) is 11.3 Å². The highest BCUT2D eigenvalue weighted by Crippen LogP contribution is 2.27. The molecule has 1 aromatic carbocycles. The summed E-state index contributed by atoms with van der Waals surface area (Å²) in [6.45, 7) is 3.40. The molecule has 2 rings (SSSR count). The van der Waals surface area contributed by atoms with Crippen LogP contribution in [0.1, 0.15) is 11.5 Å². The molecule has 0 spiro atoms. The summed E-state index contributed by atoms with van der Waals surface area (Å²) in [6.07, 6.45) is 1.55. The van der Waals surface area contributed by atoms with Crippen LogP contribution in [-0.4, -0.2) is 13.4 Å². The van der Waals surface area contributed by atoms with Gasteiger partial charge in [-0.3, -0.25) is 0 Å². The van der Waals surface area contributed by atoms with Crippen LogP contribution in [0.15, 0.2) is 33.7 Å². The van der Waals surface area contributed by atoms with Gasteiger partial charge < -0.3 is 4.42 Å². The smallest absolute Gasteiger partial charge is 0.261 e. The van der Waals surface area contributed by atoms with E-state index in [-0.39, 0.29) is 4.90 Å². The second-order valence-electron chi connectivity index (χ2n) is 3.66. The Bertz CT molecular complexity index is 661. The molecule has 0 aliphatic carbocycles. The lowest BCUT2D eigenvalue weighted by molar-refractivity contribution is 0.534. The average Bonchev–Trinajstić information content (AvgIpc) is 2.64. The van der Waals surface area contributed by atoms with Gasteiger partial charge in [-0.15, -0.1) is 0 Å². The van der Waals surface area contributed by atoms with Crippen molar-refractivity contribution in [2.45, 2.75) is 18.7 Å². The van der Waals surface area contributed by atoms with E-state index >= 15 is 0 Å². The summed E-state index contributed by atoms with van der Waals surface area (Å²) >= 11 is 0. The third kappa shape index (κ3) is 2.50. The van der Waals surface area contributed by atoms with Gasteiger partial charge >= 0.3 is 0 Å². The molecule has 1 heterocycles. The molecule has 4 nitrogen and oxygen atoms in total. The SMILES string of the molecule is Cc1ncc(-c2ccc(C)c(S(=O)(=O)Cl)c2)o1. The summed E-state index contributed by atoms with van der Waals surface area (Å²) in [5.74, 6) is 1.04. The molecular formula is C11H10ClNO3S. The van der Waals surface area contributed by atoms with E-state index in [1.165, 1.54) is 6.07 Å². The Labute approximate surface area is 104 Å². The Morgan fingerprint density at radius 3 is 2.53 bits per heavy atom. The molecule has 0 unspecified atom stereocenters. The summed E-state index contributed by atoms with van der Waals surface area (Å²) in [5.41, 5.74) is 1.23. The van der Waals surface area contributed by atoms with E-state index in [9.17, 15) is 8.42 Å². The Hall–Kier alpha value is -1.33. The normalized spacial score (nSPS) is 11.7. The predicted molar refractivity (Wildman–Crippen MR) is 64.5 cm³/mol. The fraction of sp³-hybridized carbons (Fsp3) is 0.182. The van der Waals surface area contributed by atoms with E-state index in [0.717, 1.165) is 0 Å². The van der Waals surface area contributed by atoms with E-state index < -0.39 is 9.05 Å². The predicted octanol–water partition coefficient (Wildman–Crippen LogP) is 2.89. The van der Waals surface area contributed by atoms with E-state index in [1.807, 2.05) is 0 Å². The highest BCUT2D eigenvalue weighted by Gasteiger charge is 2.15. The van der Waals surface area contributed by atoms with Gasteiger partial charge in [0.25, 0.3) is 9.05 Å². The molecule has 17 heavy (non-hydrogen) atoms. The Kier molecular flexibility index (Phi) is 2.97. The summed E-state index contributed by atoms with van der Waals surface area (Å²) < 4.78 is 28.1. The van der Waals surface area contributed by atoms with Gasteiger partial charge in [-0.2, -0.15) is 0 Å². The van der Waals surface area contributed by atoms with Crippen LogP contribution in [0.5, 0.6) is 0 Å². The van der Waals surface area contributed by atoms with Crippen LogP contribution in [0.25, 0.3) is 11.3 Å². The first-order chi connectivity index (χ1) is 7.88. The molecule has 0 atom stereocenters. The molecule has 0 N–H and O–H groups in total. The van der Waals surface area contributed by atoms with Crippen LogP contribution in [0, 0.1) is 13.8 Å². The van der Waals surface area contributed by atoms with Crippen molar-refractivity contribution in [1.29, 1.82) is 0 Å². The minimum absolute atomic E-state index is 0.0886. The molecular weight excluding hydrogens is 262 g/mol. The van der Waals surface area contributed by atoms with Crippen molar-refractivity contribution in [2.24, 2.45) is 0 Å². The first kappa shape index (κ1) is 12.1. The van der Waals surface area contributed by atoms with E-state index in [1.54, 1.807) is 32.2 Å². The summed E-state index contributed by atoms with van der Waals surface area (Å²) in [7, 11) is 1.61. The molecule has 0 bridgehead atoms. The van der Waals surface area contributed by atoms with E-state index in [4.69, 9.17) is 15.1 Å². The fourth-order valence-corrected chi connectivity index (χ4v) is 2.73. The highest BCUT2D eigenvalue weighted by molar-refractivity contribution is 8.13. The van der Waals surface area contributed by atoms with Gasteiger partial charge in [-0.05, 0) is 18.6 Å². The second kappa shape index (κ2) is 4.16. The zero-order chi connectivity index (χ0) is 12.6. The number of hydrogen-bond donors (Lipinski definition) is 0. The zero-order valence-corrected chi connectivity index (χ0v) is 10.8. The maximum atomic E-state index is 11.4. The molecule has 0 saturated heterocycles. The molecule has 0 aliphatic rings. The van der Waals surface area contributed by atoms with Crippen molar-refractivity contribution in [3.63, 3.8) is 0 Å². The van der Waals surface area contributed by atoms with Gasteiger partial charge in [0.1, 0.15) is 0 Å². The third-order valence-corrected chi connectivity index (χ3v) is 3.82. The first-order valence-corrected chi connectivity index (χ1v) is 7.17. The second-order valence-corrected chi connectivity index (χ2v) is 6.20. The van der Waals surface area contributed by atoms with Crippen molar-refractivity contribution in [2.75, 3.05) is 0 Å². The minimum atomic E-state index is -3.75. The van der Waals surface area contributed by atoms with Crippen molar-refractivity contribution in [1.82, 2.24) is 4.98 Å². The minimum Gasteiger partial charge on any atom is -0.441 e. The van der Waals surface area contributed by atoms with Crippen LogP contribution in [0.4, 0.5) is 0 Å². The summed E-state index contributed by atoms with van der Waals surface area (Å²) in [6, 6.07) is 4.93. The van der Waals surface area contributed by atoms with Gasteiger partial charge in [0.05, 0.1) is 11.1 Å². The molecule has 0 amide bonds. The molecule has 0 radical (unpaired) electrons. The summed E-state index contributed by atoms with van der Waals surface area (Å²) in [5, 5.41) is 0. The molecule has 1 aromatic heterocycles. The fourth-order valence-electron chi connectivity index (χ4n) is 1.51. The third-order valence-electron chi connectivity index (χ3n) is 2.36. The number of benzene rings is 1. The molecule has 90 valence electrons. The van der Waals surface area contributed by atoms with Gasteiger partial charge in [-0.25, -0.2) is 13.4 Å². The largest absolute Gasteiger partial charge is 0.441 e. The van der Waals surface area contributed by atoms with Crippen molar-refractivity contribution >= 4 is 19.7 Å². The van der Waals surface area contributed by atoms with Crippen LogP contribution in [0.3, 0.4) is 0 Å². The number of aromatic nitrogens is 1. The molecule has 6 heteroatoms. The van der Waals surface area contributed by atoms with Gasteiger partial charge in [0, 0.05) is 23.2 Å². The molecule has 2 aromatic rings. The number of aryl methyl sites for hydroxylation is 2. The Morgan fingerprint density at radius 2 is 2.00 bits per heavy atom. The molecule has 0 aliphatic heterocycles. The monoisotopic (exact) mass is 271 g/mol. The molecule has 0 fully saturated rings. The maximum Gasteiger partial charge on any atom is 0.261 e. The lowest BCUT2D eigenvalue weighted by Gasteiger charge is -2.03. The summed E-state index contributed by atoms with van der Waals surface area (Å²) in [4.78, 5) is 4.05. The van der Waals surface area contributed by atoms with Crippen LogP contribution in [0.2, 0.25) is 0 Å². The first-order valence-electron chi connectivity index (χ1n) is 4.86. The Balaban J connectivity index is 2.59. The lowest BCUT2D eigenvalue weighted by Crippen LogP contribution is -1.94. The van der Waals surface area contributed by atoms with Gasteiger partial charge in [-0.1, -0.05) is 12.1 Å². The van der Waals surface area contributed by atoms with Crippen molar-refractivity contribution in [3.05, 3.63) is 35.9 Å². The average molecular weight is 272 g/mol. The van der Waals surface area contributed by atoms with Gasteiger partial charge in [0.2, 0.25) is 0 Å². The van der Waals surface area contributed by atoms with Crippen LogP contribution >= 0.6 is 10.7 Å². The number of halogens is 1. The zero-order valence-electron chi connectivity index (χ0n) is 9.27. The number of hydrogen-bond acceptors (Lipinski definition) is 4. The van der Waals surface area contributed by atoms with Crippen LogP contribution in [-0.2, 0) is 9.05 Å². The quantitative estimate of drug-likeness (QED) is 0.788. The topological polar surface area (TPSA) is 60.2 Å². The van der Waals surface area contributed by atoms with E-state index in [0.29, 0.717) is 22.8 Å². The van der Waals surface area contributed by atoms with Gasteiger partial charge in [0.15, 0.2) is 11.7 Å².